The molecule has 1 fully saturated rings. The number of likely N-dealkylation sites (tertiary alicyclic amines) is 1. The van der Waals surface area contributed by atoms with Crippen LogP contribution in [0, 0.1) is 5.92 Å². The highest BCUT2D eigenvalue weighted by Gasteiger charge is 2.53. The molecule has 4 rings (SSSR count). The molecule has 5 nitrogen and oxygen atoms in total. The number of carbonyl (C=O) groups excluding carboxylic acids is 2. The van der Waals surface area contributed by atoms with Gasteiger partial charge in [0.05, 0.1) is 26.7 Å². The zero-order valence-electron chi connectivity index (χ0n) is 19.7. The van der Waals surface area contributed by atoms with E-state index in [2.05, 4.69) is 7.05 Å². The van der Waals surface area contributed by atoms with Crippen molar-refractivity contribution in [1.29, 1.82) is 0 Å². The zero-order chi connectivity index (χ0) is 24.2. The number of primary amides is 1. The van der Waals surface area contributed by atoms with Crippen LogP contribution in [0.25, 0.3) is 0 Å². The molecule has 1 unspecified atom stereocenters. The first kappa shape index (κ1) is 23.7. The number of hydrogen-bond donors (Lipinski definition) is 1. The molecule has 1 aliphatic rings. The van der Waals surface area contributed by atoms with Crippen LogP contribution in [0.2, 0.25) is 0 Å². The highest BCUT2D eigenvalue weighted by molar-refractivity contribution is 5.96. The lowest BCUT2D eigenvalue weighted by Gasteiger charge is -2.38. The van der Waals surface area contributed by atoms with Gasteiger partial charge in [-0.1, -0.05) is 84.9 Å². The molecule has 2 atom stereocenters. The molecular weight excluding hydrogens is 424 g/mol. The SMILES string of the molecule is C[N@+]1(CCCC(=O)c2ccc([O-])cc2)CCC(C(C(N)=O)(c2ccccc2)c2ccccc2)C1. The van der Waals surface area contributed by atoms with E-state index in [0.29, 0.717) is 12.0 Å². The maximum atomic E-state index is 13.3. The highest BCUT2D eigenvalue weighted by atomic mass is 16.3. The second-order valence-corrected chi connectivity index (χ2v) is 9.69. The van der Waals surface area contributed by atoms with E-state index in [1.807, 2.05) is 60.7 Å². The van der Waals surface area contributed by atoms with Gasteiger partial charge in [-0.3, -0.25) is 9.59 Å². The Hall–Kier alpha value is -3.44. The molecule has 0 radical (unpaired) electrons. The van der Waals surface area contributed by atoms with Gasteiger partial charge in [0, 0.05) is 30.7 Å². The number of nitrogens with zero attached hydrogens (tertiary/aromatic N) is 1. The number of Topliss-reactive ketones (excluding diaryl/α,β-unsaturated/α-hetero) is 1. The molecule has 176 valence electrons. The molecule has 0 aliphatic carbocycles. The van der Waals surface area contributed by atoms with Crippen LogP contribution in [-0.2, 0) is 10.2 Å². The fraction of sp³-hybridized carbons (Fsp3) is 0.310. The maximum absolute atomic E-state index is 13.3. The number of ketones is 1. The molecule has 0 spiro atoms. The topological polar surface area (TPSA) is 83.2 Å². The van der Waals surface area contributed by atoms with Gasteiger partial charge < -0.3 is 15.3 Å². The van der Waals surface area contributed by atoms with Gasteiger partial charge in [-0.15, -0.1) is 5.75 Å². The minimum atomic E-state index is -0.894. The highest BCUT2D eigenvalue weighted by Crippen LogP contribution is 2.45. The molecule has 3 aromatic rings. The minimum Gasteiger partial charge on any atom is -0.872 e. The Morgan fingerprint density at radius 2 is 1.50 bits per heavy atom. The summed E-state index contributed by atoms with van der Waals surface area (Å²) >= 11 is 0. The Morgan fingerprint density at radius 1 is 0.941 bits per heavy atom. The van der Waals surface area contributed by atoms with Crippen molar-refractivity contribution >= 4 is 11.7 Å². The number of benzene rings is 3. The molecule has 0 aromatic heterocycles. The Kier molecular flexibility index (Phi) is 6.85. The lowest BCUT2D eigenvalue weighted by atomic mass is 9.64. The average molecular weight is 457 g/mol. The normalized spacial score (nSPS) is 20.2. The summed E-state index contributed by atoms with van der Waals surface area (Å²) in [5.74, 6) is -0.296. The van der Waals surface area contributed by atoms with Crippen LogP contribution in [0.4, 0.5) is 0 Å². The monoisotopic (exact) mass is 456 g/mol. The average Bonchev–Trinajstić information content (AvgIpc) is 3.23. The van der Waals surface area contributed by atoms with Crippen LogP contribution >= 0.6 is 0 Å². The summed E-state index contributed by atoms with van der Waals surface area (Å²) in [5.41, 5.74) is 7.77. The smallest absolute Gasteiger partial charge is 0.233 e. The molecule has 5 heteroatoms. The van der Waals surface area contributed by atoms with E-state index in [1.165, 1.54) is 12.1 Å². The largest absolute Gasteiger partial charge is 0.872 e. The van der Waals surface area contributed by atoms with Crippen molar-refractivity contribution < 1.29 is 19.2 Å². The number of rotatable bonds is 9. The first-order valence-corrected chi connectivity index (χ1v) is 11.9. The van der Waals surface area contributed by atoms with Crippen molar-refractivity contribution in [1.82, 2.24) is 0 Å². The summed E-state index contributed by atoms with van der Waals surface area (Å²) in [6, 6.07) is 25.9. The summed E-state index contributed by atoms with van der Waals surface area (Å²) in [6.45, 7) is 2.59. The van der Waals surface area contributed by atoms with Gasteiger partial charge >= 0.3 is 0 Å². The van der Waals surface area contributed by atoms with E-state index in [4.69, 9.17) is 5.73 Å². The number of nitrogens with two attached hydrogens (primary N) is 1. The number of amides is 1. The molecule has 2 N–H and O–H groups in total. The van der Waals surface area contributed by atoms with Crippen molar-refractivity contribution in [3.8, 4) is 5.75 Å². The van der Waals surface area contributed by atoms with E-state index in [9.17, 15) is 14.7 Å². The lowest BCUT2D eigenvalue weighted by Crippen LogP contribution is -2.51. The van der Waals surface area contributed by atoms with E-state index < -0.39 is 5.41 Å². The van der Waals surface area contributed by atoms with Crippen LogP contribution in [0.5, 0.6) is 5.75 Å². The molecule has 1 amide bonds. The quantitative estimate of drug-likeness (QED) is 0.394. The predicted molar refractivity (Wildman–Crippen MR) is 131 cm³/mol. The fourth-order valence-corrected chi connectivity index (χ4v) is 5.67. The molecule has 3 aromatic carbocycles. The van der Waals surface area contributed by atoms with Gasteiger partial charge in [0.1, 0.15) is 5.41 Å². The molecule has 1 saturated heterocycles. The van der Waals surface area contributed by atoms with Crippen LogP contribution in [0.1, 0.15) is 40.7 Å². The molecule has 34 heavy (non-hydrogen) atoms. The van der Waals surface area contributed by atoms with Crippen molar-refractivity contribution in [3.05, 3.63) is 102 Å². The van der Waals surface area contributed by atoms with Gasteiger partial charge in [-0.2, -0.15) is 0 Å². The Labute approximate surface area is 201 Å². The van der Waals surface area contributed by atoms with Crippen molar-refractivity contribution in [2.75, 3.05) is 26.7 Å². The third kappa shape index (κ3) is 4.62. The summed E-state index contributed by atoms with van der Waals surface area (Å²) in [5, 5.41) is 11.3. The zero-order valence-corrected chi connectivity index (χ0v) is 19.7. The summed E-state index contributed by atoms with van der Waals surface area (Å²) in [6.07, 6.45) is 2.07. The summed E-state index contributed by atoms with van der Waals surface area (Å²) < 4.78 is 0.798. The van der Waals surface area contributed by atoms with E-state index in [0.717, 1.165) is 48.1 Å². The van der Waals surface area contributed by atoms with Gasteiger partial charge in [-0.05, 0) is 11.1 Å². The van der Waals surface area contributed by atoms with E-state index >= 15 is 0 Å². The van der Waals surface area contributed by atoms with Crippen LogP contribution in [0.3, 0.4) is 0 Å². The van der Waals surface area contributed by atoms with Gasteiger partial charge in [0.15, 0.2) is 5.78 Å². The predicted octanol–water partition coefficient (Wildman–Crippen LogP) is 3.66. The molecule has 1 aliphatic heterocycles. The Bertz CT molecular complexity index is 1090. The minimum absolute atomic E-state index is 0.0556. The van der Waals surface area contributed by atoms with Gasteiger partial charge in [-0.25, -0.2) is 0 Å². The van der Waals surface area contributed by atoms with Crippen molar-refractivity contribution in [3.63, 3.8) is 0 Å². The van der Waals surface area contributed by atoms with Crippen LogP contribution in [-0.4, -0.2) is 42.9 Å². The first-order chi connectivity index (χ1) is 16.3. The standard InChI is InChI=1S/C29H32N2O3/c1-31(19-8-13-27(33)22-14-16-26(32)17-15-22)20-18-25(21-31)29(28(30)34,23-9-4-2-5-10-23)24-11-6-3-7-12-24/h2-7,9-12,14-17,25H,8,13,18-21H2,1H3,(H2-,30,32,33,34)/t25?,31-/m0/s1. The van der Waals surface area contributed by atoms with Crippen molar-refractivity contribution in [2.24, 2.45) is 11.7 Å². The summed E-state index contributed by atoms with van der Waals surface area (Å²) in [7, 11) is 2.21. The molecule has 0 bridgehead atoms. The van der Waals surface area contributed by atoms with Gasteiger partial charge in [0.2, 0.25) is 5.91 Å². The third-order valence-corrected chi connectivity index (χ3v) is 7.42. The lowest BCUT2D eigenvalue weighted by molar-refractivity contribution is -0.899. The number of quaternary nitrogens is 1. The summed E-state index contributed by atoms with van der Waals surface area (Å²) in [4.78, 5) is 25.8. The number of carbonyl (C=O) groups is 2. The molecule has 0 saturated carbocycles. The van der Waals surface area contributed by atoms with Crippen LogP contribution in [0.15, 0.2) is 84.9 Å². The van der Waals surface area contributed by atoms with Crippen molar-refractivity contribution in [2.45, 2.75) is 24.7 Å². The Morgan fingerprint density at radius 3 is 2.03 bits per heavy atom. The van der Waals surface area contributed by atoms with E-state index in [1.54, 1.807) is 12.1 Å². The molecule has 1 heterocycles. The second kappa shape index (κ2) is 9.82. The van der Waals surface area contributed by atoms with E-state index in [-0.39, 0.29) is 23.4 Å². The fourth-order valence-electron chi connectivity index (χ4n) is 5.67. The Balaban J connectivity index is 1.53. The third-order valence-electron chi connectivity index (χ3n) is 7.42. The maximum Gasteiger partial charge on any atom is 0.233 e. The second-order valence-electron chi connectivity index (χ2n) is 9.69. The number of hydrogen-bond acceptors (Lipinski definition) is 3. The molecular formula is C29H32N2O3. The van der Waals surface area contributed by atoms with Gasteiger partial charge in [0.25, 0.3) is 0 Å². The van der Waals surface area contributed by atoms with Crippen LogP contribution < -0.4 is 10.8 Å². The first-order valence-electron chi connectivity index (χ1n) is 11.9.